The summed E-state index contributed by atoms with van der Waals surface area (Å²) in [5, 5.41) is 6.31. The van der Waals surface area contributed by atoms with Crippen LogP contribution in [-0.4, -0.2) is 57.2 Å². The third kappa shape index (κ3) is 4.39. The van der Waals surface area contributed by atoms with Gasteiger partial charge in [0.25, 0.3) is 11.8 Å². The molecule has 1 fully saturated rings. The van der Waals surface area contributed by atoms with E-state index in [1.807, 2.05) is 36.2 Å². The summed E-state index contributed by atoms with van der Waals surface area (Å²) in [4.78, 5) is 35.2. The van der Waals surface area contributed by atoms with Crippen molar-refractivity contribution in [3.63, 3.8) is 0 Å². The van der Waals surface area contributed by atoms with Crippen molar-refractivity contribution in [3.8, 4) is 11.8 Å². The molecule has 0 bridgehead atoms. The molecule has 182 valence electrons. The number of pyridine rings is 1. The number of hydrogen-bond donors (Lipinski definition) is 3. The Kier molecular flexibility index (Phi) is 6.14. The van der Waals surface area contributed by atoms with Crippen molar-refractivity contribution in [2.24, 2.45) is 10.8 Å². The number of nitrogens with two attached hydrogens (primary N) is 1. The molecule has 2 amide bonds. The fraction of sp³-hybridized carbons (Fsp3) is 0.231. The number of hydrogen-bond acceptors (Lipinski definition) is 8. The monoisotopic (exact) mass is 482 g/mol. The van der Waals surface area contributed by atoms with Crippen LogP contribution in [0.5, 0.6) is 0 Å². The lowest BCUT2D eigenvalue weighted by Crippen LogP contribution is -2.43. The highest BCUT2D eigenvalue weighted by Crippen LogP contribution is 2.36. The number of carbonyl (C=O) groups excluding carboxylic acids is 2. The molecule has 1 saturated heterocycles. The zero-order valence-corrected chi connectivity index (χ0v) is 20.0. The summed E-state index contributed by atoms with van der Waals surface area (Å²) in [7, 11) is 0. The lowest BCUT2D eigenvalue weighted by atomic mass is 10.1. The fourth-order valence-electron chi connectivity index (χ4n) is 4.49. The molecule has 1 atom stereocenters. The van der Waals surface area contributed by atoms with Crippen LogP contribution >= 0.6 is 0 Å². The van der Waals surface area contributed by atoms with Crippen LogP contribution in [0.4, 0.5) is 5.82 Å². The maximum Gasteiger partial charge on any atom is 0.298 e. The quantitative estimate of drug-likeness (QED) is 0.449. The summed E-state index contributed by atoms with van der Waals surface area (Å²) < 4.78 is 0. The normalized spacial score (nSPS) is 18.4. The highest BCUT2D eigenvalue weighted by Gasteiger charge is 2.39. The lowest BCUT2D eigenvalue weighted by Gasteiger charge is -2.29. The fourth-order valence-corrected chi connectivity index (χ4v) is 4.49. The van der Waals surface area contributed by atoms with Crippen LogP contribution in [0.15, 0.2) is 65.2 Å². The van der Waals surface area contributed by atoms with Crippen molar-refractivity contribution in [2.45, 2.75) is 26.3 Å². The molecule has 10 nitrogen and oxygen atoms in total. The van der Waals surface area contributed by atoms with E-state index in [9.17, 15) is 9.59 Å². The van der Waals surface area contributed by atoms with Crippen LogP contribution in [0.3, 0.4) is 0 Å². The Morgan fingerprint density at radius 1 is 1.22 bits per heavy atom. The molecule has 2 aromatic rings. The minimum atomic E-state index is -0.241. The largest absolute Gasteiger partial charge is 0.330 e. The number of benzene rings is 1. The third-order valence-corrected chi connectivity index (χ3v) is 6.26. The third-order valence-electron chi connectivity index (χ3n) is 6.26. The van der Waals surface area contributed by atoms with Crippen molar-refractivity contribution < 1.29 is 9.59 Å². The standard InChI is InChI=1S/C26H26N8O2/c1-3-4-23(35)32-12-10-20(15-32)34-21-14-28-16-33(27)25(21)24(31-34)18-5-7-19(8-6-18)26(36)30-22-13-17(2)9-11-29-22/h5-9,11,13-14,16,20,31H,10,12,15,27H2,1-2H3,(H,29,30,36)/t20-/m1/s1. The van der Waals surface area contributed by atoms with E-state index >= 15 is 0 Å². The van der Waals surface area contributed by atoms with Crippen molar-refractivity contribution in [1.82, 2.24) is 25.3 Å². The van der Waals surface area contributed by atoms with Gasteiger partial charge >= 0.3 is 0 Å². The predicted octanol–water partition coefficient (Wildman–Crippen LogP) is 1.81. The molecular weight excluding hydrogens is 456 g/mol. The first-order valence-electron chi connectivity index (χ1n) is 11.6. The summed E-state index contributed by atoms with van der Waals surface area (Å²) >= 11 is 0. The van der Waals surface area contributed by atoms with Crippen molar-refractivity contribution in [2.75, 3.05) is 18.4 Å². The van der Waals surface area contributed by atoms with Gasteiger partial charge in [-0.25, -0.2) is 15.8 Å². The number of aromatic nitrogens is 1. The Morgan fingerprint density at radius 3 is 2.78 bits per heavy atom. The van der Waals surface area contributed by atoms with Gasteiger partial charge in [-0.3, -0.25) is 25.0 Å². The summed E-state index contributed by atoms with van der Waals surface area (Å²) in [5.74, 6) is 11.6. The summed E-state index contributed by atoms with van der Waals surface area (Å²) in [6, 6.07) is 11.0. The molecule has 0 saturated carbocycles. The number of anilines is 1. The highest BCUT2D eigenvalue weighted by molar-refractivity contribution is 6.04. The second kappa shape index (κ2) is 9.56. The van der Waals surface area contributed by atoms with Gasteiger partial charge in [0.05, 0.1) is 17.9 Å². The molecule has 10 heteroatoms. The predicted molar refractivity (Wildman–Crippen MR) is 136 cm³/mol. The zero-order valence-electron chi connectivity index (χ0n) is 20.0. The first kappa shape index (κ1) is 23.1. The van der Waals surface area contributed by atoms with E-state index in [2.05, 4.69) is 32.6 Å². The summed E-state index contributed by atoms with van der Waals surface area (Å²) in [5.41, 5.74) is 8.23. The average Bonchev–Trinajstić information content (AvgIpc) is 3.50. The first-order chi connectivity index (χ1) is 17.4. The molecule has 3 aliphatic heterocycles. The second-order valence-corrected chi connectivity index (χ2v) is 8.71. The van der Waals surface area contributed by atoms with Crippen molar-refractivity contribution in [1.29, 1.82) is 0 Å². The minimum Gasteiger partial charge on any atom is -0.330 e. The average molecular weight is 483 g/mol. The van der Waals surface area contributed by atoms with Crippen molar-refractivity contribution >= 4 is 29.7 Å². The summed E-state index contributed by atoms with van der Waals surface area (Å²) in [6.45, 7) is 4.77. The van der Waals surface area contributed by atoms with Gasteiger partial charge in [-0.2, -0.15) is 0 Å². The lowest BCUT2D eigenvalue weighted by molar-refractivity contribution is -0.124. The van der Waals surface area contributed by atoms with E-state index < -0.39 is 0 Å². The number of nitrogens with one attached hydrogen (secondary N) is 2. The van der Waals surface area contributed by atoms with Crippen molar-refractivity contribution in [3.05, 3.63) is 76.9 Å². The number of carbonyl (C=O) groups is 2. The molecule has 1 aromatic carbocycles. The maximum absolute atomic E-state index is 12.7. The number of amides is 2. The molecule has 0 unspecified atom stereocenters. The van der Waals surface area contributed by atoms with Crippen LogP contribution in [0.2, 0.25) is 0 Å². The Balaban J connectivity index is 1.36. The van der Waals surface area contributed by atoms with Gasteiger partial charge in [-0.05, 0) is 56.0 Å². The summed E-state index contributed by atoms with van der Waals surface area (Å²) in [6.07, 6.45) is 5.74. The number of fused-ring (bicyclic) bond motifs is 1. The Morgan fingerprint density at radius 2 is 2.03 bits per heavy atom. The van der Waals surface area contributed by atoms with E-state index in [4.69, 9.17) is 5.84 Å². The van der Waals surface area contributed by atoms with Gasteiger partial charge in [-0.1, -0.05) is 18.1 Å². The molecule has 4 heterocycles. The van der Waals surface area contributed by atoms with Crippen LogP contribution in [0.25, 0.3) is 5.70 Å². The molecule has 0 aliphatic carbocycles. The molecule has 36 heavy (non-hydrogen) atoms. The molecule has 5 rings (SSSR count). The molecule has 3 aliphatic rings. The molecular formula is C26H26N8O2. The minimum absolute atomic E-state index is 0.0277. The molecule has 0 spiro atoms. The van der Waals surface area contributed by atoms with Gasteiger partial charge < -0.3 is 10.2 Å². The number of rotatable bonds is 4. The highest BCUT2D eigenvalue weighted by atomic mass is 16.2. The second-order valence-electron chi connectivity index (χ2n) is 8.71. The van der Waals surface area contributed by atoms with Crippen LogP contribution < -0.4 is 16.6 Å². The van der Waals surface area contributed by atoms with Gasteiger partial charge in [0.1, 0.15) is 23.6 Å². The first-order valence-corrected chi connectivity index (χ1v) is 11.6. The van der Waals surface area contributed by atoms with E-state index in [0.29, 0.717) is 24.5 Å². The van der Waals surface area contributed by atoms with E-state index in [-0.39, 0.29) is 17.9 Å². The zero-order chi connectivity index (χ0) is 25.2. The Hall–Kier alpha value is -4.62. The topological polar surface area (TPSA) is 119 Å². The SMILES string of the molecule is CC#CC(=O)N1CC[C@@H](N2NC(c3ccc(C(=O)Nc4cc(C)ccn4)cc3)=C3C2=CN=CN3N)C1. The van der Waals surface area contributed by atoms with Gasteiger partial charge in [-0.15, -0.1) is 0 Å². The number of nitrogens with zero attached hydrogens (tertiary/aromatic N) is 5. The Labute approximate surface area is 209 Å². The number of likely N-dealkylation sites (tertiary alicyclic amines) is 1. The van der Waals surface area contributed by atoms with E-state index in [1.54, 1.807) is 42.7 Å². The smallest absolute Gasteiger partial charge is 0.298 e. The van der Waals surface area contributed by atoms with Gasteiger partial charge in [0, 0.05) is 30.4 Å². The molecule has 0 radical (unpaired) electrons. The van der Waals surface area contributed by atoms with Crippen LogP contribution in [0, 0.1) is 18.8 Å². The number of aliphatic imine (C=N–C) groups is 1. The Bertz CT molecular complexity index is 1370. The molecule has 4 N–H and O–H groups in total. The van der Waals surface area contributed by atoms with Crippen LogP contribution in [-0.2, 0) is 4.79 Å². The van der Waals surface area contributed by atoms with Gasteiger partial charge in [0.15, 0.2) is 0 Å². The van der Waals surface area contributed by atoms with Crippen LogP contribution in [0.1, 0.15) is 34.8 Å². The molecule has 1 aromatic heterocycles. The number of aryl methyl sites for hydroxylation is 1. The van der Waals surface area contributed by atoms with E-state index in [0.717, 1.165) is 34.6 Å². The number of hydrazine groups is 2. The van der Waals surface area contributed by atoms with E-state index in [1.165, 1.54) is 5.01 Å². The van der Waals surface area contributed by atoms with Gasteiger partial charge in [0.2, 0.25) is 0 Å². The maximum atomic E-state index is 12.7.